The summed E-state index contributed by atoms with van der Waals surface area (Å²) in [5.41, 5.74) is 4.88. The van der Waals surface area contributed by atoms with E-state index in [4.69, 9.17) is 5.11 Å². The van der Waals surface area contributed by atoms with Crippen LogP contribution in [0.15, 0.2) is 170 Å². The number of hydrogen-bond donors (Lipinski definition) is 1. The zero-order valence-electron chi connectivity index (χ0n) is 26.3. The van der Waals surface area contributed by atoms with Crippen LogP contribution < -0.4 is 0 Å². The Hall–Kier alpha value is -5.24. The molecule has 0 saturated heterocycles. The van der Waals surface area contributed by atoms with Gasteiger partial charge in [0.15, 0.2) is 0 Å². The Morgan fingerprint density at radius 3 is 1.09 bits per heavy atom. The van der Waals surface area contributed by atoms with Gasteiger partial charge in [0.1, 0.15) is 0 Å². The second-order valence-electron chi connectivity index (χ2n) is 11.3. The number of rotatable bonds is 1. The molecule has 0 aliphatic carbocycles. The molecule has 0 heterocycles. The fourth-order valence-electron chi connectivity index (χ4n) is 5.34. The molecular formula is C44H40O. The zero-order chi connectivity index (χ0) is 31.4. The van der Waals surface area contributed by atoms with Crippen molar-refractivity contribution in [2.24, 2.45) is 0 Å². The van der Waals surface area contributed by atoms with Crippen molar-refractivity contribution in [3.8, 4) is 0 Å². The van der Waals surface area contributed by atoms with Gasteiger partial charge >= 0.3 is 0 Å². The standard InChI is InChI=1S/C12H12O.2C11H10.C10H8/c1-9-5-6-10-3-2-4-11(8-13)12(10)7-9;2*1-9-6-7-10-4-2-3-5-11(10)8-9;1-2-6-10-8-4-3-7-9(10)5-1/h2-7,13H,8H2,1H3;2*2-8H,1H3;1-8H. The summed E-state index contributed by atoms with van der Waals surface area (Å²) in [4.78, 5) is 0. The average Bonchev–Trinajstić information content (AvgIpc) is 3.09. The van der Waals surface area contributed by atoms with Crippen molar-refractivity contribution in [1.29, 1.82) is 0 Å². The van der Waals surface area contributed by atoms with Crippen molar-refractivity contribution in [2.45, 2.75) is 27.4 Å². The fraction of sp³-hybridized carbons (Fsp3) is 0.0909. The van der Waals surface area contributed by atoms with E-state index in [9.17, 15) is 0 Å². The molecule has 0 aliphatic rings. The van der Waals surface area contributed by atoms with Gasteiger partial charge in [0.05, 0.1) is 6.61 Å². The second kappa shape index (κ2) is 15.5. The van der Waals surface area contributed by atoms with E-state index in [-0.39, 0.29) is 6.61 Å². The van der Waals surface area contributed by atoms with Gasteiger partial charge < -0.3 is 5.11 Å². The van der Waals surface area contributed by atoms with Gasteiger partial charge in [-0.25, -0.2) is 0 Å². The maximum Gasteiger partial charge on any atom is 0.0687 e. The van der Waals surface area contributed by atoms with E-state index in [1.807, 2.05) is 12.1 Å². The molecule has 0 saturated carbocycles. The van der Waals surface area contributed by atoms with Gasteiger partial charge in [-0.05, 0) is 69.4 Å². The van der Waals surface area contributed by atoms with Crippen LogP contribution >= 0.6 is 0 Å². The molecule has 8 rings (SSSR count). The largest absolute Gasteiger partial charge is 0.392 e. The van der Waals surface area contributed by atoms with E-state index in [1.165, 1.54) is 54.4 Å². The van der Waals surface area contributed by atoms with E-state index >= 15 is 0 Å². The monoisotopic (exact) mass is 584 g/mol. The topological polar surface area (TPSA) is 20.2 Å². The van der Waals surface area contributed by atoms with E-state index in [0.717, 1.165) is 10.9 Å². The molecular weight excluding hydrogens is 544 g/mol. The van der Waals surface area contributed by atoms with Crippen molar-refractivity contribution < 1.29 is 5.11 Å². The minimum absolute atomic E-state index is 0.112. The highest BCUT2D eigenvalue weighted by Crippen LogP contribution is 2.20. The first-order valence-electron chi connectivity index (χ1n) is 15.4. The highest BCUT2D eigenvalue weighted by atomic mass is 16.3. The van der Waals surface area contributed by atoms with Crippen LogP contribution in [0.1, 0.15) is 22.3 Å². The van der Waals surface area contributed by atoms with Gasteiger partial charge in [-0.2, -0.15) is 0 Å². The molecule has 1 N–H and O–H groups in total. The molecule has 1 heteroatoms. The first kappa shape index (κ1) is 31.2. The smallest absolute Gasteiger partial charge is 0.0687 e. The summed E-state index contributed by atoms with van der Waals surface area (Å²) in [7, 11) is 0. The van der Waals surface area contributed by atoms with E-state index in [0.29, 0.717) is 0 Å². The summed E-state index contributed by atoms with van der Waals surface area (Å²) in [5.74, 6) is 0. The van der Waals surface area contributed by atoms with Crippen molar-refractivity contribution in [3.05, 3.63) is 192 Å². The maximum atomic E-state index is 9.13. The van der Waals surface area contributed by atoms with Gasteiger partial charge in [0, 0.05) is 0 Å². The third-order valence-corrected chi connectivity index (χ3v) is 7.77. The second-order valence-corrected chi connectivity index (χ2v) is 11.3. The third kappa shape index (κ3) is 8.66. The van der Waals surface area contributed by atoms with Crippen LogP contribution in [0.25, 0.3) is 43.1 Å². The third-order valence-electron chi connectivity index (χ3n) is 7.77. The van der Waals surface area contributed by atoms with Crippen molar-refractivity contribution in [2.75, 3.05) is 0 Å². The van der Waals surface area contributed by atoms with E-state index in [2.05, 4.69) is 178 Å². The van der Waals surface area contributed by atoms with Crippen molar-refractivity contribution >= 4 is 43.1 Å². The summed E-state index contributed by atoms with van der Waals surface area (Å²) in [6, 6.07) is 58.8. The minimum atomic E-state index is 0.112. The van der Waals surface area contributed by atoms with Crippen molar-refractivity contribution in [1.82, 2.24) is 0 Å². The first-order chi connectivity index (χ1) is 22.0. The summed E-state index contributed by atoms with van der Waals surface area (Å²) in [6.45, 7) is 6.41. The summed E-state index contributed by atoms with van der Waals surface area (Å²) in [6.07, 6.45) is 0. The number of hydrogen-bond acceptors (Lipinski definition) is 1. The average molecular weight is 585 g/mol. The normalized spacial score (nSPS) is 10.3. The van der Waals surface area contributed by atoms with Crippen LogP contribution in [0.4, 0.5) is 0 Å². The fourth-order valence-corrected chi connectivity index (χ4v) is 5.34. The molecule has 0 spiro atoms. The Bertz CT molecular complexity index is 2000. The first-order valence-corrected chi connectivity index (χ1v) is 15.4. The molecule has 222 valence electrons. The zero-order valence-corrected chi connectivity index (χ0v) is 26.3. The summed E-state index contributed by atoms with van der Waals surface area (Å²) >= 11 is 0. The lowest BCUT2D eigenvalue weighted by Gasteiger charge is -2.04. The van der Waals surface area contributed by atoms with Gasteiger partial charge in [-0.3, -0.25) is 0 Å². The molecule has 0 aromatic heterocycles. The SMILES string of the molecule is Cc1ccc2cccc(CO)c2c1.Cc1ccc2ccccc2c1.Cc1ccc2ccccc2c1.c1ccc2ccccc2c1. The Kier molecular flexibility index (Phi) is 10.7. The van der Waals surface area contributed by atoms with Crippen LogP contribution in [0, 0.1) is 20.8 Å². The molecule has 0 unspecified atom stereocenters. The van der Waals surface area contributed by atoms with E-state index < -0.39 is 0 Å². The van der Waals surface area contributed by atoms with Gasteiger partial charge in [0.25, 0.3) is 0 Å². The molecule has 0 atom stereocenters. The van der Waals surface area contributed by atoms with Crippen LogP contribution in [-0.4, -0.2) is 5.11 Å². The molecule has 8 aromatic rings. The predicted molar refractivity (Wildman–Crippen MR) is 196 cm³/mol. The number of aliphatic hydroxyl groups is 1. The number of fused-ring (bicyclic) bond motifs is 4. The lowest BCUT2D eigenvalue weighted by molar-refractivity contribution is 0.283. The lowest BCUT2D eigenvalue weighted by Crippen LogP contribution is -1.85. The molecule has 0 fully saturated rings. The predicted octanol–water partition coefficient (Wildman–Crippen LogP) is 11.8. The van der Waals surface area contributed by atoms with Crippen LogP contribution in [-0.2, 0) is 6.61 Å². The molecule has 1 nitrogen and oxygen atoms in total. The maximum absolute atomic E-state index is 9.13. The summed E-state index contributed by atoms with van der Waals surface area (Å²) < 4.78 is 0. The molecule has 0 radical (unpaired) electrons. The van der Waals surface area contributed by atoms with E-state index in [1.54, 1.807) is 0 Å². The highest BCUT2D eigenvalue weighted by Gasteiger charge is 1.98. The Morgan fingerprint density at radius 1 is 0.333 bits per heavy atom. The molecule has 0 aliphatic heterocycles. The molecule has 0 amide bonds. The van der Waals surface area contributed by atoms with Gasteiger partial charge in [0.2, 0.25) is 0 Å². The quantitative estimate of drug-likeness (QED) is 0.203. The Balaban J connectivity index is 0.000000119. The van der Waals surface area contributed by atoms with Crippen LogP contribution in [0.5, 0.6) is 0 Å². The number of benzene rings is 8. The van der Waals surface area contributed by atoms with Gasteiger partial charge in [-0.1, -0.05) is 187 Å². The molecule has 0 bridgehead atoms. The summed E-state index contributed by atoms with van der Waals surface area (Å²) in [5, 5.41) is 19.4. The van der Waals surface area contributed by atoms with Gasteiger partial charge in [-0.15, -0.1) is 0 Å². The highest BCUT2D eigenvalue weighted by molar-refractivity contribution is 5.86. The number of aryl methyl sites for hydroxylation is 3. The number of aliphatic hydroxyl groups excluding tert-OH is 1. The molecule has 8 aromatic carbocycles. The van der Waals surface area contributed by atoms with Crippen molar-refractivity contribution in [3.63, 3.8) is 0 Å². The Labute approximate surface area is 267 Å². The minimum Gasteiger partial charge on any atom is -0.392 e. The molecule has 45 heavy (non-hydrogen) atoms. The van der Waals surface area contributed by atoms with Crippen LogP contribution in [0.3, 0.4) is 0 Å². The lowest BCUT2D eigenvalue weighted by atomic mass is 10.0. The van der Waals surface area contributed by atoms with Crippen LogP contribution in [0.2, 0.25) is 0 Å². The Morgan fingerprint density at radius 2 is 0.667 bits per heavy atom.